The molecule has 0 spiro atoms. The zero-order chi connectivity index (χ0) is 13.1. The Morgan fingerprint density at radius 2 is 2.00 bits per heavy atom. The van der Waals surface area contributed by atoms with E-state index in [1.807, 2.05) is 0 Å². The largest absolute Gasteiger partial charge is 0.405 e. The maximum Gasteiger partial charge on any atom is 0.405 e. The first kappa shape index (κ1) is 14.1. The molecule has 1 rings (SSSR count). The normalized spacial score (nSPS) is 11.6. The fourth-order valence-corrected chi connectivity index (χ4v) is 1.72. The number of nitrogens with zero attached hydrogens (tertiary/aromatic N) is 1. The highest BCUT2D eigenvalue weighted by Crippen LogP contribution is 2.28. The minimum atomic E-state index is -4.29. The molecule has 0 radical (unpaired) electrons. The smallest absolute Gasteiger partial charge is 0.392 e. The summed E-state index contributed by atoms with van der Waals surface area (Å²) in [6.45, 7) is 0.429. The minimum Gasteiger partial charge on any atom is -0.392 e. The van der Waals surface area contributed by atoms with E-state index < -0.39 is 12.7 Å². The standard InChI is InChI=1S/C11H13ClF3NO/c1-2-16(7-11(13,14)15)10-5-9(12)4-3-8(10)6-17/h3-5,17H,2,6-7H2,1H3. The van der Waals surface area contributed by atoms with Gasteiger partial charge in [-0.25, -0.2) is 0 Å². The van der Waals surface area contributed by atoms with Crippen molar-refractivity contribution < 1.29 is 18.3 Å². The van der Waals surface area contributed by atoms with Crippen molar-refractivity contribution in [2.45, 2.75) is 19.7 Å². The molecule has 0 fully saturated rings. The van der Waals surface area contributed by atoms with Gasteiger partial charge < -0.3 is 10.0 Å². The van der Waals surface area contributed by atoms with Crippen LogP contribution in [0.5, 0.6) is 0 Å². The maximum absolute atomic E-state index is 12.4. The van der Waals surface area contributed by atoms with Gasteiger partial charge in [0, 0.05) is 22.8 Å². The average molecular weight is 268 g/mol. The van der Waals surface area contributed by atoms with Gasteiger partial charge in [0.05, 0.1) is 6.61 Å². The highest BCUT2D eigenvalue weighted by molar-refractivity contribution is 6.30. The molecule has 0 unspecified atom stereocenters. The Balaban J connectivity index is 3.06. The van der Waals surface area contributed by atoms with Crippen molar-refractivity contribution in [3.63, 3.8) is 0 Å². The van der Waals surface area contributed by atoms with Crippen LogP contribution in [0.3, 0.4) is 0 Å². The predicted octanol–water partition coefficient (Wildman–Crippen LogP) is 3.22. The lowest BCUT2D eigenvalue weighted by molar-refractivity contribution is -0.119. The van der Waals surface area contributed by atoms with Gasteiger partial charge >= 0.3 is 6.18 Å². The molecule has 0 aromatic heterocycles. The molecule has 1 N–H and O–H groups in total. The maximum atomic E-state index is 12.4. The fourth-order valence-electron chi connectivity index (χ4n) is 1.55. The van der Waals surface area contributed by atoms with Crippen LogP contribution in [-0.2, 0) is 6.61 Å². The molecule has 0 amide bonds. The molecule has 0 saturated heterocycles. The Morgan fingerprint density at radius 1 is 1.35 bits per heavy atom. The Bertz CT molecular complexity index is 381. The summed E-state index contributed by atoms with van der Waals surface area (Å²) in [5.74, 6) is 0. The number of halogens is 4. The molecule has 0 aliphatic rings. The SMILES string of the molecule is CCN(CC(F)(F)F)c1cc(Cl)ccc1CO. The van der Waals surface area contributed by atoms with Crippen LogP contribution in [0.25, 0.3) is 0 Å². The van der Waals surface area contributed by atoms with Crippen molar-refractivity contribution in [1.82, 2.24) is 0 Å². The van der Waals surface area contributed by atoms with E-state index in [1.165, 1.54) is 18.2 Å². The summed E-state index contributed by atoms with van der Waals surface area (Å²) >= 11 is 5.76. The van der Waals surface area contributed by atoms with E-state index in [-0.39, 0.29) is 13.2 Å². The topological polar surface area (TPSA) is 23.5 Å². The molecule has 96 valence electrons. The van der Waals surface area contributed by atoms with Gasteiger partial charge in [0.15, 0.2) is 0 Å². The number of aliphatic hydroxyl groups excluding tert-OH is 1. The lowest BCUT2D eigenvalue weighted by Gasteiger charge is -2.26. The van der Waals surface area contributed by atoms with Gasteiger partial charge in [-0.05, 0) is 19.1 Å². The van der Waals surface area contributed by atoms with E-state index >= 15 is 0 Å². The van der Waals surface area contributed by atoms with Crippen LogP contribution in [0.1, 0.15) is 12.5 Å². The predicted molar refractivity (Wildman–Crippen MR) is 61.3 cm³/mol. The van der Waals surface area contributed by atoms with E-state index in [0.29, 0.717) is 16.3 Å². The van der Waals surface area contributed by atoms with Crippen LogP contribution in [0, 0.1) is 0 Å². The second kappa shape index (κ2) is 5.60. The quantitative estimate of drug-likeness (QED) is 0.905. The molecule has 6 heteroatoms. The molecular weight excluding hydrogens is 255 g/mol. The van der Waals surface area contributed by atoms with Gasteiger partial charge in [-0.2, -0.15) is 13.2 Å². The first-order valence-electron chi connectivity index (χ1n) is 5.08. The summed E-state index contributed by atoms with van der Waals surface area (Å²) in [5.41, 5.74) is 0.750. The van der Waals surface area contributed by atoms with E-state index in [1.54, 1.807) is 6.92 Å². The molecule has 0 atom stereocenters. The van der Waals surface area contributed by atoms with E-state index in [2.05, 4.69) is 0 Å². The average Bonchev–Trinajstić information content (AvgIpc) is 2.24. The molecule has 0 heterocycles. The van der Waals surface area contributed by atoms with E-state index in [0.717, 1.165) is 4.90 Å². The van der Waals surface area contributed by atoms with E-state index in [9.17, 15) is 13.2 Å². The van der Waals surface area contributed by atoms with Crippen LogP contribution >= 0.6 is 11.6 Å². The molecule has 2 nitrogen and oxygen atoms in total. The van der Waals surface area contributed by atoms with Gasteiger partial charge in [0.1, 0.15) is 6.54 Å². The van der Waals surface area contributed by atoms with Crippen LogP contribution in [0.2, 0.25) is 5.02 Å². The first-order chi connectivity index (χ1) is 7.87. The summed E-state index contributed by atoms with van der Waals surface area (Å²) in [6, 6.07) is 4.50. The third-order valence-corrected chi connectivity index (χ3v) is 2.55. The molecule has 1 aromatic rings. The number of aliphatic hydroxyl groups is 1. The zero-order valence-corrected chi connectivity index (χ0v) is 10.0. The summed E-state index contributed by atoms with van der Waals surface area (Å²) < 4.78 is 37.1. The molecular formula is C11H13ClF3NO. The first-order valence-corrected chi connectivity index (χ1v) is 5.46. The van der Waals surface area contributed by atoms with Crippen LogP contribution < -0.4 is 4.90 Å². The van der Waals surface area contributed by atoms with Gasteiger partial charge in [-0.1, -0.05) is 17.7 Å². The lowest BCUT2D eigenvalue weighted by Crippen LogP contribution is -2.34. The summed E-state index contributed by atoms with van der Waals surface area (Å²) in [6.07, 6.45) is -4.29. The monoisotopic (exact) mass is 267 g/mol. The highest BCUT2D eigenvalue weighted by atomic mass is 35.5. The summed E-state index contributed by atoms with van der Waals surface area (Å²) in [4.78, 5) is 1.14. The molecule has 1 aromatic carbocycles. The summed E-state index contributed by atoms with van der Waals surface area (Å²) in [7, 11) is 0. The highest BCUT2D eigenvalue weighted by Gasteiger charge is 2.31. The van der Waals surface area contributed by atoms with Gasteiger partial charge in [-0.15, -0.1) is 0 Å². The van der Waals surface area contributed by atoms with Crippen molar-refractivity contribution in [2.75, 3.05) is 18.0 Å². The van der Waals surface area contributed by atoms with E-state index in [4.69, 9.17) is 16.7 Å². The molecule has 0 saturated carbocycles. The third-order valence-electron chi connectivity index (χ3n) is 2.31. The number of hydrogen-bond acceptors (Lipinski definition) is 2. The van der Waals surface area contributed by atoms with Crippen LogP contribution in [-0.4, -0.2) is 24.4 Å². The summed E-state index contributed by atoms with van der Waals surface area (Å²) in [5, 5.41) is 9.45. The number of rotatable bonds is 4. The molecule has 17 heavy (non-hydrogen) atoms. The molecule has 0 bridgehead atoms. The van der Waals surface area contributed by atoms with Crippen molar-refractivity contribution in [1.29, 1.82) is 0 Å². The van der Waals surface area contributed by atoms with Crippen LogP contribution in [0.15, 0.2) is 18.2 Å². The second-order valence-electron chi connectivity index (χ2n) is 3.56. The molecule has 0 aliphatic heterocycles. The fraction of sp³-hybridized carbons (Fsp3) is 0.455. The van der Waals surface area contributed by atoms with Gasteiger partial charge in [0.2, 0.25) is 0 Å². The van der Waals surface area contributed by atoms with Crippen molar-refractivity contribution >= 4 is 17.3 Å². The molecule has 0 aliphatic carbocycles. The van der Waals surface area contributed by atoms with Crippen molar-refractivity contribution in [3.05, 3.63) is 28.8 Å². The second-order valence-corrected chi connectivity index (χ2v) is 4.00. The minimum absolute atomic E-state index is 0.187. The zero-order valence-electron chi connectivity index (χ0n) is 9.26. The van der Waals surface area contributed by atoms with Gasteiger partial charge in [0.25, 0.3) is 0 Å². The Labute approximate surface area is 103 Å². The van der Waals surface area contributed by atoms with Gasteiger partial charge in [-0.3, -0.25) is 0 Å². The number of alkyl halides is 3. The lowest BCUT2D eigenvalue weighted by atomic mass is 10.1. The number of anilines is 1. The van der Waals surface area contributed by atoms with Crippen LogP contribution in [0.4, 0.5) is 18.9 Å². The Kier molecular flexibility index (Phi) is 4.65. The van der Waals surface area contributed by atoms with Crippen molar-refractivity contribution in [3.8, 4) is 0 Å². The third kappa shape index (κ3) is 4.09. The number of hydrogen-bond donors (Lipinski definition) is 1. The van der Waals surface area contributed by atoms with Crippen molar-refractivity contribution in [2.24, 2.45) is 0 Å². The Hall–Kier alpha value is -0.940. The Morgan fingerprint density at radius 3 is 2.47 bits per heavy atom. The number of benzene rings is 1.